The Morgan fingerprint density at radius 3 is 2.74 bits per heavy atom. The van der Waals surface area contributed by atoms with Crippen LogP contribution in [0.25, 0.3) is 5.69 Å². The monoisotopic (exact) mass is 368 g/mol. The van der Waals surface area contributed by atoms with Gasteiger partial charge in [0.15, 0.2) is 0 Å². The van der Waals surface area contributed by atoms with E-state index in [-0.39, 0.29) is 6.61 Å². The number of hydrogen-bond donors (Lipinski definition) is 1. The summed E-state index contributed by atoms with van der Waals surface area (Å²) in [7, 11) is 0. The Bertz CT molecular complexity index is 695. The molecule has 2 aromatic heterocycles. The third-order valence-electron chi connectivity index (χ3n) is 6.26. The van der Waals surface area contributed by atoms with Crippen molar-refractivity contribution in [3.05, 3.63) is 48.5 Å². The first kappa shape index (κ1) is 18.7. The maximum atomic E-state index is 9.61. The molecule has 0 spiro atoms. The van der Waals surface area contributed by atoms with Gasteiger partial charge in [0.1, 0.15) is 0 Å². The van der Waals surface area contributed by atoms with Crippen molar-refractivity contribution in [1.82, 2.24) is 19.4 Å². The number of pyridine rings is 1. The second-order valence-corrected chi connectivity index (χ2v) is 8.01. The lowest BCUT2D eigenvalue weighted by atomic mass is 9.92. The molecule has 2 fully saturated rings. The van der Waals surface area contributed by atoms with Gasteiger partial charge in [-0.15, -0.1) is 0 Å². The summed E-state index contributed by atoms with van der Waals surface area (Å²) in [5.74, 6) is 0. The number of aromatic nitrogens is 2. The minimum absolute atomic E-state index is 0.286. The van der Waals surface area contributed by atoms with E-state index in [0.29, 0.717) is 6.04 Å². The summed E-state index contributed by atoms with van der Waals surface area (Å²) in [6, 6.07) is 9.63. The van der Waals surface area contributed by atoms with E-state index >= 15 is 0 Å². The largest absolute Gasteiger partial charge is 0.396 e. The molecule has 3 heterocycles. The molecule has 4 rings (SSSR count). The Labute approximate surface area is 162 Å². The Hall–Kier alpha value is -1.69. The quantitative estimate of drug-likeness (QED) is 0.851. The fourth-order valence-electron chi connectivity index (χ4n) is 4.90. The molecular formula is C22H32N4O. The van der Waals surface area contributed by atoms with Crippen LogP contribution in [0.5, 0.6) is 0 Å². The predicted octanol–water partition coefficient (Wildman–Crippen LogP) is 3.07. The zero-order valence-corrected chi connectivity index (χ0v) is 16.2. The van der Waals surface area contributed by atoms with E-state index in [1.807, 2.05) is 18.5 Å². The molecule has 0 unspecified atom stereocenters. The SMILES string of the molecule is OCC[C@@H]1CN(Cc2cccn2-c2cccnc2)CCN1C1CCCCC1. The van der Waals surface area contributed by atoms with Gasteiger partial charge in [0, 0.05) is 63.0 Å². The number of hydrogen-bond acceptors (Lipinski definition) is 4. The number of aliphatic hydroxyl groups excluding tert-OH is 1. The van der Waals surface area contributed by atoms with Crippen LogP contribution in [0.15, 0.2) is 42.9 Å². The van der Waals surface area contributed by atoms with Crippen LogP contribution in [0.3, 0.4) is 0 Å². The van der Waals surface area contributed by atoms with Gasteiger partial charge in [0.2, 0.25) is 0 Å². The number of rotatable bonds is 6. The van der Waals surface area contributed by atoms with Crippen LogP contribution in [0.2, 0.25) is 0 Å². The minimum Gasteiger partial charge on any atom is -0.396 e. The molecule has 1 aliphatic carbocycles. The molecule has 5 heteroatoms. The van der Waals surface area contributed by atoms with Crippen molar-refractivity contribution in [1.29, 1.82) is 0 Å². The first-order valence-electron chi connectivity index (χ1n) is 10.5. The molecule has 1 saturated carbocycles. The molecule has 0 bridgehead atoms. The van der Waals surface area contributed by atoms with Crippen LogP contribution in [0.4, 0.5) is 0 Å². The highest BCUT2D eigenvalue weighted by Crippen LogP contribution is 2.27. The third kappa shape index (κ3) is 4.42. The van der Waals surface area contributed by atoms with E-state index in [1.165, 1.54) is 37.8 Å². The van der Waals surface area contributed by atoms with Crippen molar-refractivity contribution in [2.24, 2.45) is 0 Å². The van der Waals surface area contributed by atoms with Gasteiger partial charge in [-0.05, 0) is 43.5 Å². The molecule has 146 valence electrons. The summed E-state index contributed by atoms with van der Waals surface area (Å²) in [4.78, 5) is 9.53. The summed E-state index contributed by atoms with van der Waals surface area (Å²) in [5, 5.41) is 9.61. The molecule has 1 N–H and O–H groups in total. The summed E-state index contributed by atoms with van der Waals surface area (Å²) in [6.45, 7) is 4.52. The van der Waals surface area contributed by atoms with Crippen molar-refractivity contribution in [3.63, 3.8) is 0 Å². The van der Waals surface area contributed by atoms with Crippen molar-refractivity contribution in [2.75, 3.05) is 26.2 Å². The van der Waals surface area contributed by atoms with Crippen LogP contribution >= 0.6 is 0 Å². The van der Waals surface area contributed by atoms with Gasteiger partial charge in [-0.3, -0.25) is 14.8 Å². The van der Waals surface area contributed by atoms with Crippen LogP contribution < -0.4 is 0 Å². The Balaban J connectivity index is 1.43. The lowest BCUT2D eigenvalue weighted by Gasteiger charge is -2.46. The van der Waals surface area contributed by atoms with Gasteiger partial charge < -0.3 is 9.67 Å². The van der Waals surface area contributed by atoms with Crippen LogP contribution in [0, 0.1) is 0 Å². The van der Waals surface area contributed by atoms with Crippen LogP contribution in [0.1, 0.15) is 44.2 Å². The molecule has 1 atom stereocenters. The number of nitrogens with zero attached hydrogens (tertiary/aromatic N) is 4. The Morgan fingerprint density at radius 2 is 1.96 bits per heavy atom. The van der Waals surface area contributed by atoms with Gasteiger partial charge in [-0.2, -0.15) is 0 Å². The maximum absolute atomic E-state index is 9.61. The topological polar surface area (TPSA) is 44.5 Å². The summed E-state index contributed by atoms with van der Waals surface area (Å²) in [5.41, 5.74) is 2.42. The zero-order chi connectivity index (χ0) is 18.5. The summed E-state index contributed by atoms with van der Waals surface area (Å²) in [6.07, 6.45) is 13.6. The lowest BCUT2D eigenvalue weighted by molar-refractivity contribution is 0.0131. The average molecular weight is 369 g/mol. The molecule has 1 aliphatic heterocycles. The molecule has 5 nitrogen and oxygen atoms in total. The average Bonchev–Trinajstić information content (AvgIpc) is 3.18. The zero-order valence-electron chi connectivity index (χ0n) is 16.2. The predicted molar refractivity (Wildman–Crippen MR) is 108 cm³/mol. The fraction of sp³-hybridized carbons (Fsp3) is 0.591. The van der Waals surface area contributed by atoms with Gasteiger partial charge >= 0.3 is 0 Å². The highest BCUT2D eigenvalue weighted by molar-refractivity contribution is 5.32. The molecule has 0 radical (unpaired) electrons. The smallest absolute Gasteiger partial charge is 0.0636 e. The standard InChI is InChI=1S/C22H32N4O/c27-15-10-22-18-24(13-14-26(22)19-6-2-1-3-7-19)17-21-9-5-12-25(21)20-8-4-11-23-16-20/h4-5,8-9,11-12,16,19,22,27H,1-3,6-7,10,13-15,17-18H2/t22-/m1/s1. The first-order valence-corrected chi connectivity index (χ1v) is 10.5. The van der Waals surface area contributed by atoms with E-state index in [2.05, 4.69) is 43.7 Å². The highest BCUT2D eigenvalue weighted by Gasteiger charge is 2.32. The molecule has 0 aromatic carbocycles. The van der Waals surface area contributed by atoms with Gasteiger partial charge in [0.05, 0.1) is 11.9 Å². The maximum Gasteiger partial charge on any atom is 0.0636 e. The summed E-state index contributed by atoms with van der Waals surface area (Å²) < 4.78 is 2.24. The highest BCUT2D eigenvalue weighted by atomic mass is 16.3. The summed E-state index contributed by atoms with van der Waals surface area (Å²) >= 11 is 0. The van der Waals surface area contributed by atoms with Crippen molar-refractivity contribution >= 4 is 0 Å². The first-order chi connectivity index (χ1) is 13.3. The van der Waals surface area contributed by atoms with Gasteiger partial charge in [-0.25, -0.2) is 0 Å². The molecular weight excluding hydrogens is 336 g/mol. The lowest BCUT2D eigenvalue weighted by Crippen LogP contribution is -2.56. The second kappa shape index (κ2) is 9.00. The van der Waals surface area contributed by atoms with Gasteiger partial charge in [0.25, 0.3) is 0 Å². The van der Waals surface area contributed by atoms with Gasteiger partial charge in [-0.1, -0.05) is 19.3 Å². The van der Waals surface area contributed by atoms with Crippen LogP contribution in [-0.2, 0) is 6.54 Å². The van der Waals surface area contributed by atoms with E-state index in [9.17, 15) is 5.11 Å². The molecule has 27 heavy (non-hydrogen) atoms. The van der Waals surface area contributed by atoms with Crippen molar-refractivity contribution < 1.29 is 5.11 Å². The Morgan fingerprint density at radius 1 is 1.07 bits per heavy atom. The van der Waals surface area contributed by atoms with E-state index in [4.69, 9.17) is 0 Å². The van der Waals surface area contributed by atoms with Crippen LogP contribution in [-0.4, -0.2) is 62.8 Å². The normalized spacial score (nSPS) is 22.9. The molecule has 0 amide bonds. The molecule has 2 aliphatic rings. The van der Waals surface area contributed by atoms with Crippen molar-refractivity contribution in [2.45, 2.75) is 57.2 Å². The number of aliphatic hydroxyl groups is 1. The third-order valence-corrected chi connectivity index (χ3v) is 6.26. The van der Waals surface area contributed by atoms with E-state index < -0.39 is 0 Å². The minimum atomic E-state index is 0.286. The van der Waals surface area contributed by atoms with E-state index in [1.54, 1.807) is 0 Å². The Kier molecular flexibility index (Phi) is 6.22. The number of piperazine rings is 1. The molecule has 1 saturated heterocycles. The van der Waals surface area contributed by atoms with Crippen molar-refractivity contribution in [3.8, 4) is 5.69 Å². The fourth-order valence-corrected chi connectivity index (χ4v) is 4.90. The van der Waals surface area contributed by atoms with E-state index in [0.717, 1.165) is 44.3 Å². The molecule has 2 aromatic rings. The second-order valence-electron chi connectivity index (χ2n) is 8.01.